The Bertz CT molecular complexity index is 403. The predicted molar refractivity (Wildman–Crippen MR) is 77.8 cm³/mol. The van der Waals surface area contributed by atoms with E-state index in [0.29, 0.717) is 6.04 Å². The lowest BCUT2D eigenvalue weighted by Gasteiger charge is -2.36. The molecule has 1 aromatic rings. The van der Waals surface area contributed by atoms with E-state index in [1.54, 1.807) is 7.11 Å². The van der Waals surface area contributed by atoms with Gasteiger partial charge in [-0.2, -0.15) is 0 Å². The summed E-state index contributed by atoms with van der Waals surface area (Å²) in [4.78, 5) is 0. The molecule has 0 saturated carbocycles. The first-order chi connectivity index (χ1) is 9.09. The number of methoxy groups -OCH3 is 1. The minimum atomic E-state index is 0.0197. The highest BCUT2D eigenvalue weighted by Crippen LogP contribution is 2.23. The Labute approximate surface area is 116 Å². The van der Waals surface area contributed by atoms with E-state index in [1.807, 2.05) is 12.1 Å². The van der Waals surface area contributed by atoms with Crippen molar-refractivity contribution in [3.05, 3.63) is 29.8 Å². The van der Waals surface area contributed by atoms with Crippen LogP contribution in [-0.2, 0) is 11.2 Å². The van der Waals surface area contributed by atoms with Crippen LogP contribution in [0.5, 0.6) is 5.75 Å². The second kappa shape index (κ2) is 6.40. The quantitative estimate of drug-likeness (QED) is 0.886. The van der Waals surface area contributed by atoms with Gasteiger partial charge in [0, 0.05) is 12.6 Å². The van der Waals surface area contributed by atoms with E-state index in [9.17, 15) is 0 Å². The van der Waals surface area contributed by atoms with Crippen LogP contribution in [0, 0.1) is 0 Å². The number of hydrogen-bond acceptors (Lipinski definition) is 3. The maximum absolute atomic E-state index is 5.73. The first-order valence-corrected chi connectivity index (χ1v) is 7.09. The van der Waals surface area contributed by atoms with Crippen LogP contribution in [0.25, 0.3) is 0 Å². The Kier molecular flexibility index (Phi) is 4.83. The average molecular weight is 263 g/mol. The van der Waals surface area contributed by atoms with Gasteiger partial charge in [-0.1, -0.05) is 12.1 Å². The summed E-state index contributed by atoms with van der Waals surface area (Å²) in [5, 5.41) is 3.64. The Hall–Kier alpha value is -1.06. The van der Waals surface area contributed by atoms with E-state index in [4.69, 9.17) is 9.47 Å². The van der Waals surface area contributed by atoms with Gasteiger partial charge in [-0.15, -0.1) is 0 Å². The molecule has 0 radical (unpaired) electrons. The Morgan fingerprint density at radius 1 is 1.42 bits per heavy atom. The van der Waals surface area contributed by atoms with E-state index < -0.39 is 0 Å². The molecule has 1 atom stereocenters. The largest absolute Gasteiger partial charge is 0.497 e. The molecule has 19 heavy (non-hydrogen) atoms. The fourth-order valence-corrected chi connectivity index (χ4v) is 2.65. The highest BCUT2D eigenvalue weighted by atomic mass is 16.5. The molecule has 1 unspecified atom stereocenters. The summed E-state index contributed by atoms with van der Waals surface area (Å²) < 4.78 is 11.0. The second-order valence-corrected chi connectivity index (χ2v) is 5.85. The van der Waals surface area contributed by atoms with Gasteiger partial charge in [0.25, 0.3) is 0 Å². The standard InChI is InChI=1S/C16H25NO2/c1-16(2)12-14(8-10-19-16)17-9-7-13-5-4-6-15(11-13)18-3/h4-6,11,14,17H,7-10,12H2,1-3H3. The number of nitrogens with one attached hydrogen (secondary N) is 1. The summed E-state index contributed by atoms with van der Waals surface area (Å²) in [6.07, 6.45) is 3.24. The molecule has 0 aromatic heterocycles. The van der Waals surface area contributed by atoms with Crippen LogP contribution < -0.4 is 10.1 Å². The van der Waals surface area contributed by atoms with Crippen LogP contribution in [0.2, 0.25) is 0 Å². The Balaban J connectivity index is 1.76. The summed E-state index contributed by atoms with van der Waals surface area (Å²) in [6.45, 7) is 6.21. The normalized spacial score (nSPS) is 22.2. The van der Waals surface area contributed by atoms with E-state index in [2.05, 4.69) is 31.3 Å². The number of hydrogen-bond donors (Lipinski definition) is 1. The van der Waals surface area contributed by atoms with Gasteiger partial charge >= 0.3 is 0 Å². The van der Waals surface area contributed by atoms with Crippen molar-refractivity contribution in [2.75, 3.05) is 20.3 Å². The molecule has 0 spiro atoms. The summed E-state index contributed by atoms with van der Waals surface area (Å²) in [5.41, 5.74) is 1.34. The maximum Gasteiger partial charge on any atom is 0.119 e. The zero-order valence-electron chi connectivity index (χ0n) is 12.2. The second-order valence-electron chi connectivity index (χ2n) is 5.85. The smallest absolute Gasteiger partial charge is 0.119 e. The van der Waals surface area contributed by atoms with E-state index >= 15 is 0 Å². The number of benzene rings is 1. The van der Waals surface area contributed by atoms with Crippen LogP contribution in [-0.4, -0.2) is 31.9 Å². The first-order valence-electron chi connectivity index (χ1n) is 7.09. The van der Waals surface area contributed by atoms with Crippen LogP contribution in [0.15, 0.2) is 24.3 Å². The maximum atomic E-state index is 5.73. The van der Waals surface area contributed by atoms with Gasteiger partial charge in [0.1, 0.15) is 5.75 Å². The van der Waals surface area contributed by atoms with Crippen molar-refractivity contribution >= 4 is 0 Å². The summed E-state index contributed by atoms with van der Waals surface area (Å²) in [6, 6.07) is 8.87. The molecule has 3 nitrogen and oxygen atoms in total. The molecule has 1 heterocycles. The zero-order chi connectivity index (χ0) is 13.7. The summed E-state index contributed by atoms with van der Waals surface area (Å²) in [5.74, 6) is 0.935. The third-order valence-electron chi connectivity index (χ3n) is 3.68. The fourth-order valence-electron chi connectivity index (χ4n) is 2.65. The van der Waals surface area contributed by atoms with Crippen molar-refractivity contribution in [1.29, 1.82) is 0 Å². The van der Waals surface area contributed by atoms with Crippen molar-refractivity contribution in [3.8, 4) is 5.75 Å². The highest BCUT2D eigenvalue weighted by molar-refractivity contribution is 5.28. The molecule has 1 aliphatic heterocycles. The highest BCUT2D eigenvalue weighted by Gasteiger charge is 2.28. The van der Waals surface area contributed by atoms with Gasteiger partial charge in [0.15, 0.2) is 0 Å². The molecular weight excluding hydrogens is 238 g/mol. The van der Waals surface area contributed by atoms with Crippen molar-refractivity contribution in [1.82, 2.24) is 5.32 Å². The molecule has 106 valence electrons. The molecule has 3 heteroatoms. The lowest BCUT2D eigenvalue weighted by molar-refractivity contribution is -0.0627. The third kappa shape index (κ3) is 4.51. The molecule has 0 amide bonds. The van der Waals surface area contributed by atoms with E-state index in [-0.39, 0.29) is 5.60 Å². The number of rotatable bonds is 5. The fraction of sp³-hybridized carbons (Fsp3) is 0.625. The number of ether oxygens (including phenoxy) is 2. The third-order valence-corrected chi connectivity index (χ3v) is 3.68. The molecule has 2 rings (SSSR count). The Morgan fingerprint density at radius 3 is 3.00 bits per heavy atom. The average Bonchev–Trinajstić information content (AvgIpc) is 2.38. The van der Waals surface area contributed by atoms with Crippen molar-refractivity contribution in [2.24, 2.45) is 0 Å². The monoisotopic (exact) mass is 263 g/mol. The van der Waals surface area contributed by atoms with E-state index in [1.165, 1.54) is 5.56 Å². The molecule has 1 aromatic carbocycles. The van der Waals surface area contributed by atoms with Gasteiger partial charge in [-0.3, -0.25) is 0 Å². The van der Waals surface area contributed by atoms with Crippen LogP contribution in [0.3, 0.4) is 0 Å². The van der Waals surface area contributed by atoms with Crippen molar-refractivity contribution in [3.63, 3.8) is 0 Å². The molecule has 0 bridgehead atoms. The van der Waals surface area contributed by atoms with Gasteiger partial charge in [-0.25, -0.2) is 0 Å². The summed E-state index contributed by atoms with van der Waals surface area (Å²) >= 11 is 0. The Morgan fingerprint density at radius 2 is 2.26 bits per heavy atom. The van der Waals surface area contributed by atoms with Gasteiger partial charge in [0.2, 0.25) is 0 Å². The van der Waals surface area contributed by atoms with Crippen LogP contribution >= 0.6 is 0 Å². The molecule has 1 N–H and O–H groups in total. The topological polar surface area (TPSA) is 30.5 Å². The minimum Gasteiger partial charge on any atom is -0.497 e. The molecular formula is C16H25NO2. The minimum absolute atomic E-state index is 0.0197. The molecule has 1 aliphatic rings. The van der Waals surface area contributed by atoms with Crippen LogP contribution in [0.4, 0.5) is 0 Å². The molecule has 1 fully saturated rings. The van der Waals surface area contributed by atoms with E-state index in [0.717, 1.165) is 38.2 Å². The van der Waals surface area contributed by atoms with Gasteiger partial charge < -0.3 is 14.8 Å². The lowest BCUT2D eigenvalue weighted by atomic mass is 9.94. The summed E-state index contributed by atoms with van der Waals surface area (Å²) in [7, 11) is 1.71. The molecule has 0 aliphatic carbocycles. The van der Waals surface area contributed by atoms with Crippen molar-refractivity contribution < 1.29 is 9.47 Å². The SMILES string of the molecule is COc1cccc(CCNC2CCOC(C)(C)C2)c1. The van der Waals surface area contributed by atoms with Gasteiger partial charge in [-0.05, 0) is 57.4 Å². The lowest BCUT2D eigenvalue weighted by Crippen LogP contribution is -2.44. The van der Waals surface area contributed by atoms with Gasteiger partial charge in [0.05, 0.1) is 12.7 Å². The molecule has 1 saturated heterocycles. The first kappa shape index (κ1) is 14.4. The van der Waals surface area contributed by atoms with Crippen LogP contribution in [0.1, 0.15) is 32.3 Å². The zero-order valence-corrected chi connectivity index (χ0v) is 12.2. The van der Waals surface area contributed by atoms with Crippen molar-refractivity contribution in [2.45, 2.75) is 44.8 Å². The predicted octanol–water partition coefficient (Wildman–Crippen LogP) is 2.78.